The average Bonchev–Trinajstić information content (AvgIpc) is 2.45. The van der Waals surface area contributed by atoms with Gasteiger partial charge in [0.25, 0.3) is 5.91 Å². The first-order valence-electron chi connectivity index (χ1n) is 8.38. The number of benzene rings is 1. The van der Waals surface area contributed by atoms with E-state index in [1.165, 1.54) is 12.7 Å². The first kappa shape index (κ1) is 21.0. The van der Waals surface area contributed by atoms with E-state index in [0.29, 0.717) is 11.7 Å². The minimum Gasteiger partial charge on any atom is -0.481 e. The third kappa shape index (κ3) is 6.38. The molecule has 1 aromatic carbocycles. The number of carbonyl (C=O) groups excluding carboxylic acids is 1. The van der Waals surface area contributed by atoms with Crippen LogP contribution in [-0.2, 0) is 14.3 Å². The van der Waals surface area contributed by atoms with Crippen molar-refractivity contribution in [2.45, 2.75) is 58.6 Å². The maximum atomic E-state index is 12.4. The maximum absolute atomic E-state index is 12.4. The van der Waals surface area contributed by atoms with Crippen LogP contribution in [0, 0.1) is 6.92 Å². The van der Waals surface area contributed by atoms with Gasteiger partial charge in [0.15, 0.2) is 6.10 Å². The lowest BCUT2D eigenvalue weighted by atomic mass is 9.98. The lowest BCUT2D eigenvalue weighted by Crippen LogP contribution is -2.54. The van der Waals surface area contributed by atoms with Gasteiger partial charge in [0, 0.05) is 7.11 Å². The molecule has 1 amide bonds. The number of nitrogens with one attached hydrogen (secondary N) is 1. The molecule has 0 spiro atoms. The van der Waals surface area contributed by atoms with E-state index in [-0.39, 0.29) is 18.9 Å². The topological polar surface area (TPSA) is 84.9 Å². The van der Waals surface area contributed by atoms with Crippen molar-refractivity contribution >= 4 is 11.9 Å². The molecule has 0 aliphatic heterocycles. The second-order valence-electron chi connectivity index (χ2n) is 6.99. The summed E-state index contributed by atoms with van der Waals surface area (Å²) >= 11 is 0. The monoisotopic (exact) mass is 351 g/mol. The number of ether oxygens (including phenoxy) is 2. The van der Waals surface area contributed by atoms with Crippen LogP contribution >= 0.6 is 0 Å². The summed E-state index contributed by atoms with van der Waals surface area (Å²) in [7, 11) is 1.46. The lowest BCUT2D eigenvalue weighted by molar-refractivity contribution is -0.140. The van der Waals surface area contributed by atoms with Crippen LogP contribution in [0.1, 0.15) is 51.2 Å². The number of aliphatic carboxylic acids is 1. The molecular weight excluding hydrogens is 322 g/mol. The molecule has 2 unspecified atom stereocenters. The summed E-state index contributed by atoms with van der Waals surface area (Å²) in [6.07, 6.45) is -0.990. The third-order valence-electron chi connectivity index (χ3n) is 3.97. The lowest BCUT2D eigenvalue weighted by Gasteiger charge is -2.30. The number of methoxy groups -OCH3 is 1. The quantitative estimate of drug-likeness (QED) is 0.714. The van der Waals surface area contributed by atoms with Crippen molar-refractivity contribution in [3.05, 3.63) is 29.3 Å². The highest BCUT2D eigenvalue weighted by molar-refractivity contribution is 5.82. The smallest absolute Gasteiger partial charge is 0.305 e. The fourth-order valence-electron chi connectivity index (χ4n) is 2.81. The number of carbonyl (C=O) groups is 2. The molecule has 6 heteroatoms. The van der Waals surface area contributed by atoms with Crippen LogP contribution in [0.15, 0.2) is 18.2 Å². The summed E-state index contributed by atoms with van der Waals surface area (Å²) < 4.78 is 10.8. The van der Waals surface area contributed by atoms with E-state index in [1.54, 1.807) is 13.8 Å². The van der Waals surface area contributed by atoms with Crippen LogP contribution < -0.4 is 10.1 Å². The molecule has 25 heavy (non-hydrogen) atoms. The molecule has 2 N–H and O–H groups in total. The molecule has 0 heterocycles. The predicted octanol–water partition coefficient (Wildman–Crippen LogP) is 2.88. The van der Waals surface area contributed by atoms with Gasteiger partial charge in [-0.2, -0.15) is 0 Å². The van der Waals surface area contributed by atoms with E-state index < -0.39 is 17.6 Å². The second-order valence-corrected chi connectivity index (χ2v) is 6.99. The molecule has 0 fully saturated rings. The van der Waals surface area contributed by atoms with Crippen molar-refractivity contribution in [1.82, 2.24) is 5.32 Å². The maximum Gasteiger partial charge on any atom is 0.305 e. The molecular formula is C19H29NO5. The van der Waals surface area contributed by atoms with E-state index >= 15 is 0 Å². The van der Waals surface area contributed by atoms with Gasteiger partial charge >= 0.3 is 5.97 Å². The van der Waals surface area contributed by atoms with Gasteiger partial charge in [-0.05, 0) is 49.9 Å². The van der Waals surface area contributed by atoms with Crippen molar-refractivity contribution in [3.63, 3.8) is 0 Å². The van der Waals surface area contributed by atoms with E-state index in [2.05, 4.69) is 19.2 Å². The van der Waals surface area contributed by atoms with Crippen LogP contribution in [0.3, 0.4) is 0 Å². The Bertz CT molecular complexity index is 614. The Hall–Kier alpha value is -2.08. The Balaban J connectivity index is 2.78. The SMILES string of the molecule is COCC(C)(CC(=O)O)NC(=O)C(C)Oc1ccc(C(C)C)c(C)c1. The van der Waals surface area contributed by atoms with E-state index in [4.69, 9.17) is 14.6 Å². The van der Waals surface area contributed by atoms with Gasteiger partial charge in [0.2, 0.25) is 0 Å². The number of carboxylic acid groups (broad SMARTS) is 1. The van der Waals surface area contributed by atoms with E-state index in [9.17, 15) is 9.59 Å². The Morgan fingerprint density at radius 3 is 2.40 bits per heavy atom. The highest BCUT2D eigenvalue weighted by Gasteiger charge is 2.31. The second kappa shape index (κ2) is 8.85. The van der Waals surface area contributed by atoms with Crippen molar-refractivity contribution in [1.29, 1.82) is 0 Å². The van der Waals surface area contributed by atoms with Crippen molar-refractivity contribution in [3.8, 4) is 5.75 Å². The normalized spacial score (nSPS) is 14.7. The zero-order chi connectivity index (χ0) is 19.2. The number of hydrogen-bond donors (Lipinski definition) is 2. The largest absolute Gasteiger partial charge is 0.481 e. The number of hydrogen-bond acceptors (Lipinski definition) is 4. The fourth-order valence-corrected chi connectivity index (χ4v) is 2.81. The Labute approximate surface area is 149 Å². The molecule has 1 rings (SSSR count). The summed E-state index contributed by atoms with van der Waals surface area (Å²) in [4.78, 5) is 23.4. The van der Waals surface area contributed by atoms with Gasteiger partial charge in [0.1, 0.15) is 5.75 Å². The molecule has 0 saturated carbocycles. The zero-order valence-corrected chi connectivity index (χ0v) is 15.9. The first-order chi connectivity index (χ1) is 11.6. The van der Waals surface area contributed by atoms with Gasteiger partial charge in [-0.25, -0.2) is 0 Å². The summed E-state index contributed by atoms with van der Waals surface area (Å²) in [6.45, 7) is 9.62. The first-order valence-corrected chi connectivity index (χ1v) is 8.38. The number of aryl methyl sites for hydroxylation is 1. The minimum atomic E-state index is -1.01. The average molecular weight is 351 g/mol. The van der Waals surface area contributed by atoms with Gasteiger partial charge < -0.3 is 19.9 Å². The molecule has 0 saturated heterocycles. The van der Waals surface area contributed by atoms with Crippen molar-refractivity contribution in [2.24, 2.45) is 0 Å². The molecule has 6 nitrogen and oxygen atoms in total. The molecule has 0 radical (unpaired) electrons. The van der Waals surface area contributed by atoms with Crippen molar-refractivity contribution in [2.75, 3.05) is 13.7 Å². The number of rotatable bonds is 9. The number of carboxylic acids is 1. The fraction of sp³-hybridized carbons (Fsp3) is 0.579. The van der Waals surface area contributed by atoms with Gasteiger partial charge in [-0.3, -0.25) is 9.59 Å². The van der Waals surface area contributed by atoms with Gasteiger partial charge in [0.05, 0.1) is 18.6 Å². The molecule has 140 valence electrons. The zero-order valence-electron chi connectivity index (χ0n) is 15.9. The predicted molar refractivity (Wildman–Crippen MR) is 96.0 cm³/mol. The highest BCUT2D eigenvalue weighted by Crippen LogP contribution is 2.24. The summed E-state index contributed by atoms with van der Waals surface area (Å²) in [5.74, 6) is -0.364. The highest BCUT2D eigenvalue weighted by atomic mass is 16.5. The van der Waals surface area contributed by atoms with Gasteiger partial charge in [-0.15, -0.1) is 0 Å². The molecule has 0 bridgehead atoms. The molecule has 2 atom stereocenters. The summed E-state index contributed by atoms with van der Waals surface area (Å²) in [5.41, 5.74) is 1.35. The summed E-state index contributed by atoms with van der Waals surface area (Å²) in [5, 5.41) is 11.7. The minimum absolute atomic E-state index is 0.0972. The van der Waals surface area contributed by atoms with Crippen molar-refractivity contribution < 1.29 is 24.2 Å². The van der Waals surface area contributed by atoms with Crippen LogP contribution in [0.25, 0.3) is 0 Å². The van der Waals surface area contributed by atoms with E-state index in [0.717, 1.165) is 5.56 Å². The van der Waals surface area contributed by atoms with Crippen LogP contribution in [0.2, 0.25) is 0 Å². The van der Waals surface area contributed by atoms with Gasteiger partial charge in [-0.1, -0.05) is 19.9 Å². The number of amides is 1. The Kier molecular flexibility index (Phi) is 7.42. The Morgan fingerprint density at radius 2 is 1.92 bits per heavy atom. The van der Waals surface area contributed by atoms with Crippen LogP contribution in [0.4, 0.5) is 0 Å². The van der Waals surface area contributed by atoms with Crippen LogP contribution in [0.5, 0.6) is 5.75 Å². The Morgan fingerprint density at radius 1 is 1.28 bits per heavy atom. The molecule has 0 aliphatic rings. The van der Waals surface area contributed by atoms with E-state index in [1.807, 2.05) is 25.1 Å². The molecule has 1 aromatic rings. The molecule has 0 aliphatic carbocycles. The van der Waals surface area contributed by atoms with Crippen LogP contribution in [-0.4, -0.2) is 42.3 Å². The standard InChI is InChI=1S/C19H29NO5/c1-12(2)16-8-7-15(9-13(16)3)25-14(4)18(23)20-19(5,11-24-6)10-17(21)22/h7-9,12,14H,10-11H2,1-6H3,(H,20,23)(H,21,22). The third-order valence-corrected chi connectivity index (χ3v) is 3.97. The molecule has 0 aromatic heterocycles. The summed E-state index contributed by atoms with van der Waals surface area (Å²) in [6, 6.07) is 5.75.